The van der Waals surface area contributed by atoms with Gasteiger partial charge in [0.1, 0.15) is 0 Å². The number of amides is 1. The highest BCUT2D eigenvalue weighted by Gasteiger charge is 2.19. The predicted molar refractivity (Wildman–Crippen MR) is 101 cm³/mol. The summed E-state index contributed by atoms with van der Waals surface area (Å²) in [4.78, 5) is 22.8. The summed E-state index contributed by atoms with van der Waals surface area (Å²) < 4.78 is 1.84. The Kier molecular flexibility index (Phi) is 5.32. The number of pyridine rings is 1. The molecule has 0 spiro atoms. The summed E-state index contributed by atoms with van der Waals surface area (Å²) in [5.41, 5.74) is 5.63. The highest BCUT2D eigenvalue weighted by Crippen LogP contribution is 2.24. The quantitative estimate of drug-likeness (QED) is 0.681. The van der Waals surface area contributed by atoms with Crippen molar-refractivity contribution < 1.29 is 9.63 Å². The molecular weight excluding hydrogens is 328 g/mol. The molecule has 0 unspecified atom stereocenters. The monoisotopic (exact) mass is 352 g/mol. The Labute approximate surface area is 153 Å². The Balaban J connectivity index is 1.86. The summed E-state index contributed by atoms with van der Waals surface area (Å²) in [5, 5.41) is 5.13. The first kappa shape index (κ1) is 18.1. The number of nitrogens with zero attached hydrogens (tertiary/aromatic N) is 3. The van der Waals surface area contributed by atoms with Gasteiger partial charge in [0.15, 0.2) is 5.65 Å². The number of fused-ring (bicyclic) bond motifs is 1. The van der Waals surface area contributed by atoms with Gasteiger partial charge < -0.3 is 0 Å². The largest absolute Gasteiger partial charge is 0.275 e. The molecule has 0 bridgehead atoms. The minimum atomic E-state index is -0.293. The Morgan fingerprint density at radius 3 is 2.58 bits per heavy atom. The van der Waals surface area contributed by atoms with Crippen LogP contribution >= 0.6 is 0 Å². The zero-order valence-corrected chi connectivity index (χ0v) is 15.6. The van der Waals surface area contributed by atoms with Crippen LogP contribution in [0.25, 0.3) is 11.0 Å². The van der Waals surface area contributed by atoms with Crippen LogP contribution in [0.15, 0.2) is 42.6 Å². The molecule has 0 aliphatic rings. The second kappa shape index (κ2) is 7.66. The van der Waals surface area contributed by atoms with E-state index in [1.165, 1.54) is 0 Å². The molecule has 3 aromatic rings. The molecule has 1 N–H and O–H groups in total. The first-order chi connectivity index (χ1) is 12.5. The molecule has 0 atom stereocenters. The Morgan fingerprint density at radius 2 is 1.92 bits per heavy atom. The molecule has 0 fully saturated rings. The molecule has 6 heteroatoms. The maximum absolute atomic E-state index is 12.7. The standard InChI is InChI=1S/C20H24N4O2/c1-13(2)18-10-16(17-11-21-24(14(3)4)19(17)22-18)20(25)23-26-12-15-8-6-5-7-9-15/h5-11,13-14H,12H2,1-4H3,(H,23,25). The van der Waals surface area contributed by atoms with E-state index in [2.05, 4.69) is 24.4 Å². The lowest BCUT2D eigenvalue weighted by Gasteiger charge is -2.12. The second-order valence-corrected chi connectivity index (χ2v) is 6.88. The first-order valence-electron chi connectivity index (χ1n) is 8.81. The number of hydrogen-bond acceptors (Lipinski definition) is 4. The third-order valence-corrected chi connectivity index (χ3v) is 4.16. The normalized spacial score (nSPS) is 11.5. The van der Waals surface area contributed by atoms with Gasteiger partial charge in [-0.25, -0.2) is 15.1 Å². The van der Waals surface area contributed by atoms with Gasteiger partial charge in [-0.1, -0.05) is 44.2 Å². The number of benzene rings is 1. The summed E-state index contributed by atoms with van der Waals surface area (Å²) in [6.45, 7) is 8.50. The van der Waals surface area contributed by atoms with Crippen LogP contribution < -0.4 is 5.48 Å². The Bertz CT molecular complexity index is 901. The lowest BCUT2D eigenvalue weighted by molar-refractivity contribution is 0.0235. The van der Waals surface area contributed by atoms with E-state index in [4.69, 9.17) is 9.82 Å². The maximum atomic E-state index is 12.7. The van der Waals surface area contributed by atoms with E-state index < -0.39 is 0 Å². The van der Waals surface area contributed by atoms with Crippen molar-refractivity contribution in [1.29, 1.82) is 0 Å². The van der Waals surface area contributed by atoms with E-state index in [9.17, 15) is 4.79 Å². The minimum absolute atomic E-state index is 0.160. The van der Waals surface area contributed by atoms with Gasteiger partial charge in [-0.15, -0.1) is 0 Å². The van der Waals surface area contributed by atoms with Crippen LogP contribution in [0, 0.1) is 0 Å². The van der Waals surface area contributed by atoms with E-state index in [1.54, 1.807) is 6.20 Å². The lowest BCUT2D eigenvalue weighted by Crippen LogP contribution is -2.24. The molecule has 0 saturated heterocycles. The van der Waals surface area contributed by atoms with E-state index in [1.807, 2.05) is 54.9 Å². The molecule has 0 aliphatic heterocycles. The van der Waals surface area contributed by atoms with Gasteiger partial charge in [-0.05, 0) is 31.4 Å². The molecule has 0 aliphatic carbocycles. The lowest BCUT2D eigenvalue weighted by atomic mass is 10.1. The van der Waals surface area contributed by atoms with Gasteiger partial charge in [0.2, 0.25) is 0 Å². The number of aromatic nitrogens is 3. The number of nitrogens with one attached hydrogen (secondary N) is 1. The average Bonchev–Trinajstić information content (AvgIpc) is 3.05. The van der Waals surface area contributed by atoms with Crippen molar-refractivity contribution in [1.82, 2.24) is 20.2 Å². The van der Waals surface area contributed by atoms with Crippen LogP contribution in [0.3, 0.4) is 0 Å². The van der Waals surface area contributed by atoms with Crippen molar-refractivity contribution in [2.45, 2.75) is 46.3 Å². The smallest absolute Gasteiger partial charge is 0.269 e. The topological polar surface area (TPSA) is 69.0 Å². The summed E-state index contributed by atoms with van der Waals surface area (Å²) >= 11 is 0. The van der Waals surface area contributed by atoms with Crippen molar-refractivity contribution >= 4 is 16.9 Å². The highest BCUT2D eigenvalue weighted by molar-refractivity contribution is 6.05. The molecule has 0 saturated carbocycles. The molecule has 1 amide bonds. The number of carbonyl (C=O) groups is 1. The number of hydroxylamine groups is 1. The van der Waals surface area contributed by atoms with E-state index in [0.29, 0.717) is 12.2 Å². The van der Waals surface area contributed by atoms with Crippen LogP contribution in [-0.4, -0.2) is 20.7 Å². The average molecular weight is 352 g/mol. The van der Waals surface area contributed by atoms with Crippen LogP contribution in [0.4, 0.5) is 0 Å². The van der Waals surface area contributed by atoms with E-state index >= 15 is 0 Å². The third-order valence-electron chi connectivity index (χ3n) is 4.16. The summed E-state index contributed by atoms with van der Waals surface area (Å²) in [7, 11) is 0. The van der Waals surface area contributed by atoms with Crippen molar-refractivity contribution in [2.24, 2.45) is 0 Å². The fourth-order valence-electron chi connectivity index (χ4n) is 2.71. The second-order valence-electron chi connectivity index (χ2n) is 6.88. The zero-order chi connectivity index (χ0) is 18.7. The summed E-state index contributed by atoms with van der Waals surface area (Å²) in [6, 6.07) is 11.7. The zero-order valence-electron chi connectivity index (χ0n) is 15.6. The van der Waals surface area contributed by atoms with Crippen LogP contribution in [0.2, 0.25) is 0 Å². The number of rotatable bonds is 6. The van der Waals surface area contributed by atoms with E-state index in [0.717, 1.165) is 22.3 Å². The van der Waals surface area contributed by atoms with Gasteiger partial charge in [-0.3, -0.25) is 9.63 Å². The summed E-state index contributed by atoms with van der Waals surface area (Å²) in [5.74, 6) is -0.0924. The van der Waals surface area contributed by atoms with Crippen molar-refractivity contribution in [3.05, 3.63) is 59.4 Å². The Morgan fingerprint density at radius 1 is 1.19 bits per heavy atom. The van der Waals surface area contributed by atoms with Gasteiger partial charge >= 0.3 is 0 Å². The van der Waals surface area contributed by atoms with Crippen molar-refractivity contribution in [3.63, 3.8) is 0 Å². The first-order valence-corrected chi connectivity index (χ1v) is 8.81. The summed E-state index contributed by atoms with van der Waals surface area (Å²) in [6.07, 6.45) is 1.69. The molecule has 6 nitrogen and oxygen atoms in total. The molecule has 3 rings (SSSR count). The minimum Gasteiger partial charge on any atom is -0.269 e. The van der Waals surface area contributed by atoms with Gasteiger partial charge in [-0.2, -0.15) is 5.10 Å². The van der Waals surface area contributed by atoms with Crippen LogP contribution in [-0.2, 0) is 11.4 Å². The molecular formula is C20H24N4O2. The third kappa shape index (κ3) is 3.75. The molecule has 26 heavy (non-hydrogen) atoms. The molecule has 1 aromatic carbocycles. The van der Waals surface area contributed by atoms with Gasteiger partial charge in [0.25, 0.3) is 5.91 Å². The molecule has 0 radical (unpaired) electrons. The molecule has 2 heterocycles. The predicted octanol–water partition coefficient (Wildman–Crippen LogP) is 4.00. The van der Waals surface area contributed by atoms with Crippen LogP contribution in [0.5, 0.6) is 0 Å². The molecule has 136 valence electrons. The van der Waals surface area contributed by atoms with Crippen molar-refractivity contribution in [2.75, 3.05) is 0 Å². The molecule has 2 aromatic heterocycles. The van der Waals surface area contributed by atoms with Gasteiger partial charge in [0.05, 0.1) is 23.8 Å². The maximum Gasteiger partial charge on any atom is 0.275 e. The van der Waals surface area contributed by atoms with Crippen molar-refractivity contribution in [3.8, 4) is 0 Å². The fraction of sp³-hybridized carbons (Fsp3) is 0.350. The van der Waals surface area contributed by atoms with Gasteiger partial charge in [0, 0.05) is 11.7 Å². The fourth-order valence-corrected chi connectivity index (χ4v) is 2.71. The number of hydrogen-bond donors (Lipinski definition) is 1. The SMILES string of the molecule is CC(C)c1cc(C(=O)NOCc2ccccc2)c2cnn(C(C)C)c2n1. The highest BCUT2D eigenvalue weighted by atomic mass is 16.6. The van der Waals surface area contributed by atoms with E-state index in [-0.39, 0.29) is 17.9 Å². The number of carbonyl (C=O) groups excluding carboxylic acids is 1. The Hall–Kier alpha value is -2.73. The van der Waals surface area contributed by atoms with Crippen LogP contribution in [0.1, 0.15) is 61.3 Å².